The van der Waals surface area contributed by atoms with Crippen molar-refractivity contribution in [3.63, 3.8) is 0 Å². The van der Waals surface area contributed by atoms with E-state index >= 15 is 0 Å². The molecule has 7 heteroatoms. The summed E-state index contributed by atoms with van der Waals surface area (Å²) in [6.07, 6.45) is 4.12. The molecule has 2 rings (SSSR count). The van der Waals surface area contributed by atoms with Gasteiger partial charge in [-0.25, -0.2) is 15.2 Å². The third-order valence-electron chi connectivity index (χ3n) is 2.92. The molecule has 1 aliphatic carbocycles. The fraction of sp³-hybridized carbons (Fsp3) is 0.600. The molecule has 17 heavy (non-hydrogen) atoms. The molecule has 0 spiro atoms. The van der Waals surface area contributed by atoms with Crippen molar-refractivity contribution < 1.29 is 9.50 Å². The smallest absolute Gasteiger partial charge is 0.239 e. The first-order chi connectivity index (χ1) is 8.20. The first kappa shape index (κ1) is 12.0. The van der Waals surface area contributed by atoms with Gasteiger partial charge < -0.3 is 10.4 Å². The minimum absolute atomic E-state index is 0.0684. The van der Waals surface area contributed by atoms with Crippen molar-refractivity contribution in [2.45, 2.75) is 37.8 Å². The molecule has 0 aromatic carbocycles. The zero-order valence-electron chi connectivity index (χ0n) is 9.36. The molecule has 2 unspecified atom stereocenters. The lowest BCUT2D eigenvalue weighted by Crippen LogP contribution is -2.37. The number of rotatable bonds is 3. The van der Waals surface area contributed by atoms with Gasteiger partial charge in [-0.15, -0.1) is 0 Å². The molecule has 1 aromatic rings. The Morgan fingerprint density at radius 3 is 2.88 bits per heavy atom. The molecule has 2 atom stereocenters. The summed E-state index contributed by atoms with van der Waals surface area (Å²) in [5.41, 5.74) is 2.25. The highest BCUT2D eigenvalue weighted by atomic mass is 19.1. The largest absolute Gasteiger partial charge is 0.391 e. The zero-order valence-corrected chi connectivity index (χ0v) is 9.36. The zero-order chi connectivity index (χ0) is 12.3. The second kappa shape index (κ2) is 5.24. The molecular formula is C10H16FN5O. The van der Waals surface area contributed by atoms with E-state index in [1.54, 1.807) is 0 Å². The predicted molar refractivity (Wildman–Crippen MR) is 61.7 cm³/mol. The molecule has 0 bridgehead atoms. The van der Waals surface area contributed by atoms with Gasteiger partial charge >= 0.3 is 0 Å². The van der Waals surface area contributed by atoms with Crippen molar-refractivity contribution in [1.29, 1.82) is 0 Å². The standard InChI is InChI=1S/C10H16FN5O/c11-6-5-13-10(16-12)15-9(6)14-7-3-1-2-4-8(7)17/h5,7-8,17H,1-4,12H2,(H2,13,14,15,16). The van der Waals surface area contributed by atoms with Gasteiger partial charge in [-0.2, -0.15) is 4.98 Å². The second-order valence-corrected chi connectivity index (χ2v) is 4.14. The quantitative estimate of drug-likeness (QED) is 0.457. The number of hydrazine groups is 1. The van der Waals surface area contributed by atoms with Crippen molar-refractivity contribution in [2.24, 2.45) is 5.84 Å². The monoisotopic (exact) mass is 241 g/mol. The van der Waals surface area contributed by atoms with Crippen LogP contribution in [0.3, 0.4) is 0 Å². The SMILES string of the molecule is NNc1ncc(F)c(NC2CCCCC2O)n1. The average Bonchev–Trinajstić information content (AvgIpc) is 2.35. The predicted octanol–water partition coefficient (Wildman–Crippen LogP) is 0.617. The van der Waals surface area contributed by atoms with Crippen LogP contribution in [0.5, 0.6) is 0 Å². The van der Waals surface area contributed by atoms with Crippen molar-refractivity contribution in [3.8, 4) is 0 Å². The molecule has 94 valence electrons. The lowest BCUT2D eigenvalue weighted by Gasteiger charge is -2.28. The summed E-state index contributed by atoms with van der Waals surface area (Å²) in [5.74, 6) is 4.81. The summed E-state index contributed by atoms with van der Waals surface area (Å²) >= 11 is 0. The lowest BCUT2D eigenvalue weighted by molar-refractivity contribution is 0.116. The van der Waals surface area contributed by atoms with Gasteiger partial charge in [0.25, 0.3) is 0 Å². The Labute approximate surface area is 98.4 Å². The summed E-state index contributed by atoms with van der Waals surface area (Å²) in [6.45, 7) is 0. The van der Waals surface area contributed by atoms with E-state index in [0.29, 0.717) is 0 Å². The van der Waals surface area contributed by atoms with Gasteiger partial charge in [-0.1, -0.05) is 12.8 Å². The molecule has 1 saturated carbocycles. The van der Waals surface area contributed by atoms with Crippen LogP contribution in [0.2, 0.25) is 0 Å². The van der Waals surface area contributed by atoms with Crippen LogP contribution in [0.15, 0.2) is 6.20 Å². The van der Waals surface area contributed by atoms with Crippen molar-refractivity contribution in [2.75, 3.05) is 10.7 Å². The van der Waals surface area contributed by atoms with Crippen molar-refractivity contribution in [3.05, 3.63) is 12.0 Å². The molecule has 0 saturated heterocycles. The maximum absolute atomic E-state index is 13.5. The summed E-state index contributed by atoms with van der Waals surface area (Å²) < 4.78 is 13.5. The van der Waals surface area contributed by atoms with E-state index in [1.165, 1.54) is 0 Å². The minimum atomic E-state index is -0.554. The molecule has 1 aliphatic rings. The van der Waals surface area contributed by atoms with Crippen LogP contribution in [0, 0.1) is 5.82 Å². The number of hydrogen-bond donors (Lipinski definition) is 4. The highest BCUT2D eigenvalue weighted by molar-refractivity contribution is 5.41. The number of nitrogens with zero attached hydrogens (tertiary/aromatic N) is 2. The summed E-state index contributed by atoms with van der Waals surface area (Å²) in [7, 11) is 0. The highest BCUT2D eigenvalue weighted by Crippen LogP contribution is 2.22. The van der Waals surface area contributed by atoms with Gasteiger partial charge in [0.2, 0.25) is 5.95 Å². The Balaban J connectivity index is 2.11. The van der Waals surface area contributed by atoms with Crippen LogP contribution < -0.4 is 16.6 Å². The fourth-order valence-corrected chi connectivity index (χ4v) is 1.99. The fourth-order valence-electron chi connectivity index (χ4n) is 1.99. The summed E-state index contributed by atoms with van der Waals surface area (Å²) in [4.78, 5) is 7.52. The maximum atomic E-state index is 13.5. The van der Waals surface area contributed by atoms with E-state index in [4.69, 9.17) is 5.84 Å². The highest BCUT2D eigenvalue weighted by Gasteiger charge is 2.24. The molecule has 0 aliphatic heterocycles. The van der Waals surface area contributed by atoms with E-state index in [-0.39, 0.29) is 17.8 Å². The third-order valence-corrected chi connectivity index (χ3v) is 2.92. The molecule has 6 nitrogen and oxygen atoms in total. The molecule has 0 radical (unpaired) electrons. The van der Waals surface area contributed by atoms with Gasteiger partial charge in [0.15, 0.2) is 11.6 Å². The van der Waals surface area contributed by atoms with Crippen LogP contribution in [0.4, 0.5) is 16.2 Å². The molecule has 1 fully saturated rings. The first-order valence-electron chi connectivity index (χ1n) is 5.64. The van der Waals surface area contributed by atoms with Crippen LogP contribution in [0.25, 0.3) is 0 Å². The average molecular weight is 241 g/mol. The Hall–Kier alpha value is -1.47. The van der Waals surface area contributed by atoms with Crippen molar-refractivity contribution in [1.82, 2.24) is 9.97 Å². The van der Waals surface area contributed by atoms with Crippen molar-refractivity contribution >= 4 is 11.8 Å². The third kappa shape index (κ3) is 2.80. The van der Waals surface area contributed by atoms with E-state index in [9.17, 15) is 9.50 Å². The number of nitrogen functional groups attached to an aromatic ring is 1. The van der Waals surface area contributed by atoms with Crippen LogP contribution in [-0.4, -0.2) is 27.2 Å². The first-order valence-corrected chi connectivity index (χ1v) is 5.64. The van der Waals surface area contributed by atoms with Crippen LogP contribution in [0.1, 0.15) is 25.7 Å². The van der Waals surface area contributed by atoms with Gasteiger partial charge in [-0.3, -0.25) is 5.43 Å². The van der Waals surface area contributed by atoms with E-state index in [0.717, 1.165) is 31.9 Å². The normalized spacial score (nSPS) is 24.4. The number of aliphatic hydroxyl groups excluding tert-OH is 1. The Kier molecular flexibility index (Phi) is 3.70. The maximum Gasteiger partial charge on any atom is 0.239 e. The molecule has 1 heterocycles. The Bertz CT molecular complexity index is 389. The van der Waals surface area contributed by atoms with Gasteiger partial charge in [-0.05, 0) is 12.8 Å². The van der Waals surface area contributed by atoms with Crippen LogP contribution in [-0.2, 0) is 0 Å². The number of aromatic nitrogens is 2. The second-order valence-electron chi connectivity index (χ2n) is 4.14. The van der Waals surface area contributed by atoms with E-state index in [1.807, 2.05) is 0 Å². The minimum Gasteiger partial charge on any atom is -0.391 e. The summed E-state index contributed by atoms with van der Waals surface area (Å²) in [6, 6.07) is -0.168. The van der Waals surface area contributed by atoms with Crippen LogP contribution >= 0.6 is 0 Å². The number of anilines is 2. The van der Waals surface area contributed by atoms with Gasteiger partial charge in [0, 0.05) is 0 Å². The number of halogens is 1. The topological polar surface area (TPSA) is 96.1 Å². The number of nitrogens with two attached hydrogens (primary N) is 1. The van der Waals surface area contributed by atoms with E-state index < -0.39 is 11.9 Å². The Morgan fingerprint density at radius 1 is 1.41 bits per heavy atom. The lowest BCUT2D eigenvalue weighted by atomic mass is 9.92. The molecule has 5 N–H and O–H groups in total. The molecule has 1 aromatic heterocycles. The number of nitrogens with one attached hydrogen (secondary N) is 2. The molecule has 0 amide bonds. The van der Waals surface area contributed by atoms with Gasteiger partial charge in [0.1, 0.15) is 0 Å². The molecular weight excluding hydrogens is 225 g/mol. The Morgan fingerprint density at radius 2 is 2.18 bits per heavy atom. The van der Waals surface area contributed by atoms with E-state index in [2.05, 4.69) is 20.7 Å². The summed E-state index contributed by atoms with van der Waals surface area (Å²) in [5, 5.41) is 12.7. The van der Waals surface area contributed by atoms with Gasteiger partial charge in [0.05, 0.1) is 18.3 Å². The number of aliphatic hydroxyl groups is 1. The number of hydrogen-bond acceptors (Lipinski definition) is 6.